The Bertz CT molecular complexity index is 630. The third-order valence-electron chi connectivity index (χ3n) is 2.48. The van der Waals surface area contributed by atoms with Gasteiger partial charge in [0.05, 0.1) is 19.3 Å². The summed E-state index contributed by atoms with van der Waals surface area (Å²) >= 11 is 0. The van der Waals surface area contributed by atoms with Gasteiger partial charge in [-0.05, 0) is 6.07 Å². The van der Waals surface area contributed by atoms with Gasteiger partial charge in [-0.3, -0.25) is 0 Å². The van der Waals surface area contributed by atoms with Crippen LogP contribution in [0.25, 0.3) is 0 Å². The summed E-state index contributed by atoms with van der Waals surface area (Å²) in [7, 11) is 1.43. The molecule has 0 spiro atoms. The topological polar surface area (TPSA) is 90.1 Å². The Kier molecular flexibility index (Phi) is 3.87. The molecule has 0 saturated heterocycles. The number of aromatic carboxylic acids is 1. The summed E-state index contributed by atoms with van der Waals surface area (Å²) in [6.07, 6.45) is -3.00. The third-order valence-corrected chi connectivity index (χ3v) is 2.48. The molecule has 1 N–H and O–H groups in total. The number of hydrogen-bond acceptors (Lipinski definition) is 5. The molecule has 2 rings (SSSR count). The molecule has 0 unspecified atom stereocenters. The number of nitrogens with zero attached hydrogens (tertiary/aromatic N) is 4. The maximum atomic E-state index is 12.9. The number of pyridine rings is 1. The van der Waals surface area contributed by atoms with Crippen LogP contribution in [-0.4, -0.2) is 38.2 Å². The average Bonchev–Trinajstić information content (AvgIpc) is 2.83. The second-order valence-corrected chi connectivity index (χ2v) is 3.76. The lowest BCUT2D eigenvalue weighted by Gasteiger charge is -2.06. The van der Waals surface area contributed by atoms with Gasteiger partial charge in [0.25, 0.3) is 6.43 Å². The van der Waals surface area contributed by atoms with Crippen LogP contribution in [0.4, 0.5) is 8.78 Å². The van der Waals surface area contributed by atoms with E-state index in [2.05, 4.69) is 15.3 Å². The van der Waals surface area contributed by atoms with Crippen molar-refractivity contribution in [3.05, 3.63) is 35.3 Å². The minimum Gasteiger partial charge on any atom is -0.481 e. The van der Waals surface area contributed by atoms with E-state index in [4.69, 9.17) is 9.84 Å². The lowest BCUT2D eigenvalue weighted by atomic mass is 10.3. The second kappa shape index (κ2) is 5.59. The molecule has 0 saturated carbocycles. The highest BCUT2D eigenvalue weighted by molar-refractivity contribution is 5.86. The van der Waals surface area contributed by atoms with E-state index in [9.17, 15) is 13.6 Å². The maximum Gasteiger partial charge on any atom is 0.358 e. The lowest BCUT2D eigenvalue weighted by Crippen LogP contribution is -2.11. The molecule has 0 atom stereocenters. The summed E-state index contributed by atoms with van der Waals surface area (Å²) in [5.41, 5.74) is -1.11. The Morgan fingerprint density at radius 1 is 1.50 bits per heavy atom. The van der Waals surface area contributed by atoms with E-state index in [1.807, 2.05) is 0 Å². The standard InChI is InChI=1S/C11H10F2N4O3/c1-20-7-4-2-3-6(14-7)5-17-9(10(12)13)8(11(18)19)15-16-17/h2-4,10H,5H2,1H3,(H,18,19). The van der Waals surface area contributed by atoms with Gasteiger partial charge >= 0.3 is 5.97 Å². The second-order valence-electron chi connectivity index (χ2n) is 3.76. The minimum absolute atomic E-state index is 0.128. The van der Waals surface area contributed by atoms with Gasteiger partial charge < -0.3 is 9.84 Å². The van der Waals surface area contributed by atoms with Gasteiger partial charge in [0.15, 0.2) is 5.69 Å². The molecule has 0 aliphatic carbocycles. The van der Waals surface area contributed by atoms with E-state index in [0.717, 1.165) is 4.68 Å². The van der Waals surface area contributed by atoms with Crippen molar-refractivity contribution in [1.82, 2.24) is 20.0 Å². The van der Waals surface area contributed by atoms with Gasteiger partial charge in [-0.15, -0.1) is 5.10 Å². The van der Waals surface area contributed by atoms with Crippen molar-refractivity contribution in [1.29, 1.82) is 0 Å². The van der Waals surface area contributed by atoms with Crippen molar-refractivity contribution in [3.8, 4) is 5.88 Å². The maximum absolute atomic E-state index is 12.9. The SMILES string of the molecule is COc1cccc(Cn2nnc(C(=O)O)c2C(F)F)n1. The highest BCUT2D eigenvalue weighted by atomic mass is 19.3. The summed E-state index contributed by atoms with van der Waals surface area (Å²) < 4.78 is 31.6. The van der Waals surface area contributed by atoms with Crippen LogP contribution in [-0.2, 0) is 6.54 Å². The normalized spacial score (nSPS) is 10.8. The van der Waals surface area contributed by atoms with E-state index >= 15 is 0 Å². The largest absolute Gasteiger partial charge is 0.481 e. The molecule has 20 heavy (non-hydrogen) atoms. The number of hydrogen-bond donors (Lipinski definition) is 1. The first-order chi connectivity index (χ1) is 9.52. The molecule has 0 aromatic carbocycles. The Morgan fingerprint density at radius 2 is 2.25 bits per heavy atom. The minimum atomic E-state index is -3.00. The molecule has 2 aromatic heterocycles. The lowest BCUT2D eigenvalue weighted by molar-refractivity contribution is 0.0675. The number of aromatic nitrogens is 4. The molecular weight excluding hydrogens is 274 g/mol. The predicted molar refractivity (Wildman–Crippen MR) is 61.8 cm³/mol. The Hall–Kier alpha value is -2.58. The van der Waals surface area contributed by atoms with Crippen molar-refractivity contribution < 1.29 is 23.4 Å². The molecular formula is C11H10F2N4O3. The molecule has 0 fully saturated rings. The van der Waals surface area contributed by atoms with Crippen molar-refractivity contribution in [3.63, 3.8) is 0 Å². The number of carbonyl (C=O) groups is 1. The predicted octanol–water partition coefficient (Wildman–Crippen LogP) is 1.37. The fourth-order valence-electron chi connectivity index (χ4n) is 1.62. The molecule has 7 nitrogen and oxygen atoms in total. The fraction of sp³-hybridized carbons (Fsp3) is 0.273. The summed E-state index contributed by atoms with van der Waals surface area (Å²) in [6, 6.07) is 4.82. The van der Waals surface area contributed by atoms with Crippen LogP contribution in [0.3, 0.4) is 0 Å². The van der Waals surface area contributed by atoms with E-state index < -0.39 is 23.8 Å². The zero-order valence-corrected chi connectivity index (χ0v) is 10.3. The summed E-state index contributed by atoms with van der Waals surface area (Å²) in [6.45, 7) is -0.128. The van der Waals surface area contributed by atoms with Gasteiger partial charge in [-0.25, -0.2) is 23.2 Å². The van der Waals surface area contributed by atoms with Crippen LogP contribution in [0.1, 0.15) is 28.3 Å². The Morgan fingerprint density at radius 3 is 2.85 bits per heavy atom. The first kappa shape index (κ1) is 13.8. The fourth-order valence-corrected chi connectivity index (χ4v) is 1.62. The number of rotatable bonds is 5. The molecule has 0 aliphatic heterocycles. The highest BCUT2D eigenvalue weighted by Crippen LogP contribution is 2.22. The van der Waals surface area contributed by atoms with Gasteiger partial charge in [0.1, 0.15) is 5.69 Å². The van der Waals surface area contributed by atoms with Crippen LogP contribution in [0, 0.1) is 0 Å². The quantitative estimate of drug-likeness (QED) is 0.891. The number of carboxylic acid groups (broad SMARTS) is 1. The number of halogens is 2. The van der Waals surface area contributed by atoms with E-state index in [-0.39, 0.29) is 6.54 Å². The molecule has 2 aromatic rings. The molecule has 0 bridgehead atoms. The van der Waals surface area contributed by atoms with Crippen LogP contribution in [0.15, 0.2) is 18.2 Å². The van der Waals surface area contributed by atoms with Crippen molar-refractivity contribution in [2.75, 3.05) is 7.11 Å². The van der Waals surface area contributed by atoms with Gasteiger partial charge in [-0.1, -0.05) is 11.3 Å². The Balaban J connectivity index is 2.35. The van der Waals surface area contributed by atoms with E-state index in [0.29, 0.717) is 11.6 Å². The molecule has 0 amide bonds. The van der Waals surface area contributed by atoms with Gasteiger partial charge in [-0.2, -0.15) is 0 Å². The van der Waals surface area contributed by atoms with Gasteiger partial charge in [0, 0.05) is 6.07 Å². The molecule has 106 valence electrons. The number of alkyl halides is 2. The van der Waals surface area contributed by atoms with Crippen molar-refractivity contribution in [2.45, 2.75) is 13.0 Å². The van der Waals surface area contributed by atoms with Crippen molar-refractivity contribution in [2.24, 2.45) is 0 Å². The number of carboxylic acids is 1. The van der Waals surface area contributed by atoms with Crippen LogP contribution in [0.2, 0.25) is 0 Å². The van der Waals surface area contributed by atoms with Crippen LogP contribution < -0.4 is 4.74 Å². The smallest absolute Gasteiger partial charge is 0.358 e. The summed E-state index contributed by atoms with van der Waals surface area (Å²) in [4.78, 5) is 14.8. The number of methoxy groups -OCH3 is 1. The zero-order chi connectivity index (χ0) is 14.7. The number of ether oxygens (including phenoxy) is 1. The molecule has 0 radical (unpaired) electrons. The van der Waals surface area contributed by atoms with E-state index in [1.165, 1.54) is 7.11 Å². The van der Waals surface area contributed by atoms with E-state index in [1.54, 1.807) is 18.2 Å². The first-order valence-corrected chi connectivity index (χ1v) is 5.47. The molecule has 0 aliphatic rings. The average molecular weight is 284 g/mol. The van der Waals surface area contributed by atoms with Gasteiger partial charge in [0.2, 0.25) is 5.88 Å². The third kappa shape index (κ3) is 2.71. The monoisotopic (exact) mass is 284 g/mol. The highest BCUT2D eigenvalue weighted by Gasteiger charge is 2.26. The Labute approximate surface area is 111 Å². The molecule has 9 heteroatoms. The molecule has 2 heterocycles. The van der Waals surface area contributed by atoms with Crippen LogP contribution >= 0.6 is 0 Å². The first-order valence-electron chi connectivity index (χ1n) is 5.47. The van der Waals surface area contributed by atoms with Crippen molar-refractivity contribution >= 4 is 5.97 Å². The summed E-state index contributed by atoms with van der Waals surface area (Å²) in [5.74, 6) is -1.23. The zero-order valence-electron chi connectivity index (χ0n) is 10.3. The summed E-state index contributed by atoms with van der Waals surface area (Å²) in [5, 5.41) is 15.5. The van der Waals surface area contributed by atoms with Crippen LogP contribution in [0.5, 0.6) is 5.88 Å².